The third-order valence-electron chi connectivity index (χ3n) is 6.20. The number of aryl methyl sites for hydroxylation is 1. The van der Waals surface area contributed by atoms with Gasteiger partial charge in [0.05, 0.1) is 0 Å². The van der Waals surface area contributed by atoms with E-state index in [0.717, 1.165) is 35.2 Å². The molecule has 0 saturated carbocycles. The molecule has 1 fully saturated rings. The average Bonchev–Trinajstić information content (AvgIpc) is 2.85. The van der Waals surface area contributed by atoms with Crippen molar-refractivity contribution in [1.82, 2.24) is 9.88 Å². The smallest absolute Gasteiger partial charge is 0.263 e. The second-order valence-electron chi connectivity index (χ2n) is 8.59. The van der Waals surface area contributed by atoms with E-state index in [1.807, 2.05) is 61.3 Å². The molecule has 1 aliphatic heterocycles. The predicted octanol–water partition coefficient (Wildman–Crippen LogP) is 4.33. The molecule has 1 saturated heterocycles. The van der Waals surface area contributed by atoms with Crippen LogP contribution in [0.2, 0.25) is 0 Å². The first kappa shape index (κ1) is 22.5. The monoisotopic (exact) mass is 443 g/mol. The van der Waals surface area contributed by atoms with Crippen LogP contribution in [-0.2, 0) is 4.79 Å². The first-order valence-electron chi connectivity index (χ1n) is 11.3. The molecular weight excluding hydrogens is 414 g/mol. The Labute approximate surface area is 194 Å². The Bertz CT molecular complexity index is 1100. The first-order valence-corrected chi connectivity index (χ1v) is 11.3. The number of carbonyl (C=O) groups excluding carboxylic acids is 2. The third-order valence-corrected chi connectivity index (χ3v) is 6.20. The topological polar surface area (TPSA) is 85.5 Å². The second-order valence-corrected chi connectivity index (χ2v) is 8.59. The van der Waals surface area contributed by atoms with Gasteiger partial charge in [0.15, 0.2) is 6.10 Å². The summed E-state index contributed by atoms with van der Waals surface area (Å²) in [7, 11) is 0. The Balaban J connectivity index is 1.32. The molecule has 1 aromatic heterocycles. The van der Waals surface area contributed by atoms with Crippen molar-refractivity contribution in [3.63, 3.8) is 0 Å². The van der Waals surface area contributed by atoms with E-state index in [0.29, 0.717) is 30.3 Å². The van der Waals surface area contributed by atoms with Gasteiger partial charge < -0.3 is 15.4 Å². The number of hydrogen-bond acceptors (Lipinski definition) is 4. The number of piperidine rings is 1. The van der Waals surface area contributed by atoms with Gasteiger partial charge in [-0.1, -0.05) is 35.9 Å². The number of ether oxygens (including phenoxy) is 1. The van der Waals surface area contributed by atoms with E-state index in [-0.39, 0.29) is 5.91 Å². The minimum atomic E-state index is -0.511. The molecule has 2 heterocycles. The van der Waals surface area contributed by atoms with Gasteiger partial charge in [0.25, 0.3) is 5.91 Å². The molecular formula is C27H29N3O3. The average molecular weight is 444 g/mol. The van der Waals surface area contributed by atoms with Crippen LogP contribution in [0, 0.1) is 6.92 Å². The van der Waals surface area contributed by atoms with Crippen LogP contribution < -0.4 is 10.5 Å². The van der Waals surface area contributed by atoms with Crippen molar-refractivity contribution in [2.45, 2.75) is 38.7 Å². The second kappa shape index (κ2) is 9.86. The van der Waals surface area contributed by atoms with Crippen molar-refractivity contribution in [3.8, 4) is 16.9 Å². The maximum Gasteiger partial charge on any atom is 0.263 e. The molecule has 3 aromatic rings. The Kier molecular flexibility index (Phi) is 6.73. The van der Waals surface area contributed by atoms with Gasteiger partial charge in [0.2, 0.25) is 5.91 Å². The molecule has 1 atom stereocenters. The summed E-state index contributed by atoms with van der Waals surface area (Å²) in [4.78, 5) is 30.7. The Morgan fingerprint density at radius 3 is 2.18 bits per heavy atom. The molecule has 2 aromatic carbocycles. The Morgan fingerprint density at radius 2 is 1.61 bits per heavy atom. The van der Waals surface area contributed by atoms with Crippen molar-refractivity contribution < 1.29 is 14.3 Å². The van der Waals surface area contributed by atoms with Gasteiger partial charge in [-0.25, -0.2) is 0 Å². The predicted molar refractivity (Wildman–Crippen MR) is 128 cm³/mol. The van der Waals surface area contributed by atoms with Crippen LogP contribution in [-0.4, -0.2) is 40.9 Å². The lowest BCUT2D eigenvalue weighted by Gasteiger charge is -2.33. The molecule has 6 heteroatoms. The molecule has 2 amide bonds. The van der Waals surface area contributed by atoms with E-state index >= 15 is 0 Å². The summed E-state index contributed by atoms with van der Waals surface area (Å²) in [6, 6.07) is 19.1. The highest BCUT2D eigenvalue weighted by Crippen LogP contribution is 2.29. The first-order chi connectivity index (χ1) is 15.9. The number of carbonyl (C=O) groups is 2. The van der Waals surface area contributed by atoms with Crippen LogP contribution in [0.25, 0.3) is 11.1 Å². The van der Waals surface area contributed by atoms with Crippen molar-refractivity contribution in [1.29, 1.82) is 0 Å². The number of nitrogens with two attached hydrogens (primary N) is 1. The molecule has 170 valence electrons. The summed E-state index contributed by atoms with van der Waals surface area (Å²) in [5, 5.41) is 0. The fourth-order valence-electron chi connectivity index (χ4n) is 4.17. The van der Waals surface area contributed by atoms with Gasteiger partial charge in [0, 0.05) is 42.0 Å². The number of hydrogen-bond donors (Lipinski definition) is 1. The number of benzene rings is 2. The summed E-state index contributed by atoms with van der Waals surface area (Å²) < 4.78 is 5.84. The lowest BCUT2D eigenvalue weighted by atomic mass is 9.92. The molecule has 0 aliphatic carbocycles. The third kappa shape index (κ3) is 5.40. The molecule has 6 nitrogen and oxygen atoms in total. The van der Waals surface area contributed by atoms with Crippen molar-refractivity contribution in [2.75, 3.05) is 13.1 Å². The molecule has 2 N–H and O–H groups in total. The molecule has 33 heavy (non-hydrogen) atoms. The molecule has 0 unspecified atom stereocenters. The maximum atomic E-state index is 12.8. The normalized spacial score (nSPS) is 15.2. The highest BCUT2D eigenvalue weighted by molar-refractivity contribution is 5.93. The highest BCUT2D eigenvalue weighted by atomic mass is 16.5. The van der Waals surface area contributed by atoms with Gasteiger partial charge in [-0.3, -0.25) is 14.6 Å². The Hall–Kier alpha value is -3.67. The largest absolute Gasteiger partial charge is 0.481 e. The van der Waals surface area contributed by atoms with Crippen molar-refractivity contribution >= 4 is 11.8 Å². The number of amides is 2. The standard InChI is InChI=1S/C27H29N3O3/c1-18-3-10-24(11-4-18)33-19(2)27(32)30-15-13-21(14-16-30)25-12-9-23(17-29-25)20-5-7-22(8-6-20)26(28)31/h3-12,17,19,21H,13-16H2,1-2H3,(H2,28,31)/t19-/m1/s1. The van der Waals surface area contributed by atoms with Gasteiger partial charge in [0.1, 0.15) is 5.75 Å². The minimum absolute atomic E-state index is 0.0248. The van der Waals surface area contributed by atoms with Crippen LogP contribution in [0.5, 0.6) is 5.75 Å². The Morgan fingerprint density at radius 1 is 0.970 bits per heavy atom. The van der Waals surface area contributed by atoms with E-state index in [2.05, 4.69) is 17.1 Å². The summed E-state index contributed by atoms with van der Waals surface area (Å²) in [6.45, 7) is 5.23. The van der Waals surface area contributed by atoms with Gasteiger partial charge >= 0.3 is 0 Å². The van der Waals surface area contributed by atoms with Crippen molar-refractivity contribution in [3.05, 3.63) is 83.7 Å². The van der Waals surface area contributed by atoms with E-state index in [9.17, 15) is 9.59 Å². The fourth-order valence-corrected chi connectivity index (χ4v) is 4.17. The number of pyridine rings is 1. The van der Waals surface area contributed by atoms with E-state index in [1.165, 1.54) is 0 Å². The van der Waals surface area contributed by atoms with Crippen molar-refractivity contribution in [2.24, 2.45) is 5.73 Å². The molecule has 0 bridgehead atoms. The number of nitrogens with zero attached hydrogens (tertiary/aromatic N) is 2. The number of likely N-dealkylation sites (tertiary alicyclic amines) is 1. The van der Waals surface area contributed by atoms with Gasteiger partial charge in [-0.15, -0.1) is 0 Å². The zero-order valence-corrected chi connectivity index (χ0v) is 19.0. The van der Waals surface area contributed by atoms with Crippen LogP contribution >= 0.6 is 0 Å². The van der Waals surface area contributed by atoms with E-state index in [4.69, 9.17) is 10.5 Å². The molecule has 1 aliphatic rings. The lowest BCUT2D eigenvalue weighted by molar-refractivity contribution is -0.139. The van der Waals surface area contributed by atoms with Crippen LogP contribution in [0.3, 0.4) is 0 Å². The van der Waals surface area contributed by atoms with E-state index in [1.54, 1.807) is 12.1 Å². The molecule has 0 radical (unpaired) electrons. The number of aromatic nitrogens is 1. The summed E-state index contributed by atoms with van der Waals surface area (Å²) >= 11 is 0. The fraction of sp³-hybridized carbons (Fsp3) is 0.296. The van der Waals surface area contributed by atoms with Gasteiger partial charge in [-0.05, 0) is 62.6 Å². The van der Waals surface area contributed by atoms with Crippen LogP contribution in [0.15, 0.2) is 66.9 Å². The van der Waals surface area contributed by atoms with E-state index < -0.39 is 12.0 Å². The SMILES string of the molecule is Cc1ccc(O[C@H](C)C(=O)N2CCC(c3ccc(-c4ccc(C(N)=O)cc4)cn3)CC2)cc1. The van der Waals surface area contributed by atoms with Crippen LogP contribution in [0.1, 0.15) is 47.3 Å². The number of primary amides is 1. The van der Waals surface area contributed by atoms with Gasteiger partial charge in [-0.2, -0.15) is 0 Å². The summed E-state index contributed by atoms with van der Waals surface area (Å²) in [6.07, 6.45) is 3.11. The summed E-state index contributed by atoms with van der Waals surface area (Å²) in [5.41, 5.74) is 9.98. The molecule has 0 spiro atoms. The minimum Gasteiger partial charge on any atom is -0.481 e. The zero-order valence-electron chi connectivity index (χ0n) is 19.0. The highest BCUT2D eigenvalue weighted by Gasteiger charge is 2.28. The molecule has 4 rings (SSSR count). The maximum absolute atomic E-state index is 12.8. The summed E-state index contributed by atoms with van der Waals surface area (Å²) in [5.74, 6) is 0.631. The lowest BCUT2D eigenvalue weighted by Crippen LogP contribution is -2.44. The number of rotatable bonds is 6. The van der Waals surface area contributed by atoms with Crippen LogP contribution in [0.4, 0.5) is 0 Å². The quantitative estimate of drug-likeness (QED) is 0.614. The zero-order chi connectivity index (χ0) is 23.4.